The smallest absolute Gasteiger partial charge is 0.191 e. The van der Waals surface area contributed by atoms with Crippen LogP contribution >= 0.6 is 11.8 Å². The predicted molar refractivity (Wildman–Crippen MR) is 84.2 cm³/mol. The molecule has 1 aromatic heterocycles. The van der Waals surface area contributed by atoms with E-state index >= 15 is 0 Å². The Bertz CT molecular complexity index is 660. The van der Waals surface area contributed by atoms with E-state index in [4.69, 9.17) is 5.73 Å². The molecule has 2 aromatic rings. The Morgan fingerprint density at radius 2 is 2.05 bits per heavy atom. The fourth-order valence-electron chi connectivity index (χ4n) is 3.11. The average Bonchev–Trinajstić information content (AvgIpc) is 3.10. The number of aromatic nitrogens is 3. The summed E-state index contributed by atoms with van der Waals surface area (Å²) in [6, 6.07) is 7.52. The molecule has 1 saturated carbocycles. The number of thioether (sulfide) groups is 1. The summed E-state index contributed by atoms with van der Waals surface area (Å²) in [6.07, 6.45) is 6.26. The van der Waals surface area contributed by atoms with Crippen molar-refractivity contribution in [2.75, 3.05) is 0 Å². The number of hydrogen-bond acceptors (Lipinski definition) is 4. The molecule has 4 rings (SSSR count). The van der Waals surface area contributed by atoms with E-state index in [1.54, 1.807) is 17.3 Å². The van der Waals surface area contributed by atoms with Crippen molar-refractivity contribution in [1.29, 1.82) is 0 Å². The summed E-state index contributed by atoms with van der Waals surface area (Å²) in [4.78, 5) is 0. The Hall–Kier alpha value is -1.33. The summed E-state index contributed by atoms with van der Waals surface area (Å²) in [5, 5.41) is 9.59. The highest BCUT2D eigenvalue weighted by molar-refractivity contribution is 7.98. The Kier molecular flexibility index (Phi) is 3.47. The largest absolute Gasteiger partial charge is 0.324 e. The Morgan fingerprint density at radius 3 is 2.86 bits per heavy atom. The van der Waals surface area contributed by atoms with E-state index < -0.39 is 0 Å². The van der Waals surface area contributed by atoms with Gasteiger partial charge in [0.15, 0.2) is 5.16 Å². The van der Waals surface area contributed by atoms with Gasteiger partial charge < -0.3 is 10.3 Å². The molecule has 21 heavy (non-hydrogen) atoms. The second-order valence-electron chi connectivity index (χ2n) is 5.95. The van der Waals surface area contributed by atoms with Gasteiger partial charge in [0.1, 0.15) is 5.82 Å². The summed E-state index contributed by atoms with van der Waals surface area (Å²) >= 11 is 1.78. The summed E-state index contributed by atoms with van der Waals surface area (Å²) < 4.78 is 2.25. The fourth-order valence-corrected chi connectivity index (χ4v) is 4.07. The van der Waals surface area contributed by atoms with Crippen molar-refractivity contribution in [3.63, 3.8) is 0 Å². The number of benzene rings is 1. The number of rotatable bonds is 5. The average molecular weight is 300 g/mol. The molecule has 2 aliphatic carbocycles. The number of aryl methyl sites for hydroxylation is 2. The van der Waals surface area contributed by atoms with Gasteiger partial charge in [-0.3, -0.25) is 0 Å². The minimum absolute atomic E-state index is 0.475. The van der Waals surface area contributed by atoms with Crippen molar-refractivity contribution in [1.82, 2.24) is 14.8 Å². The van der Waals surface area contributed by atoms with Gasteiger partial charge in [0, 0.05) is 11.8 Å². The maximum absolute atomic E-state index is 5.77. The maximum atomic E-state index is 5.77. The number of nitrogens with zero attached hydrogens (tertiary/aromatic N) is 3. The monoisotopic (exact) mass is 300 g/mol. The quantitative estimate of drug-likeness (QED) is 0.863. The van der Waals surface area contributed by atoms with Gasteiger partial charge in [-0.15, -0.1) is 10.2 Å². The second kappa shape index (κ2) is 5.46. The molecule has 0 aliphatic heterocycles. The predicted octanol–water partition coefficient (Wildman–Crippen LogP) is 2.85. The molecule has 0 saturated heterocycles. The molecule has 0 unspecified atom stereocenters. The van der Waals surface area contributed by atoms with Crippen LogP contribution in [0.15, 0.2) is 23.4 Å². The first-order chi connectivity index (χ1) is 10.3. The molecule has 0 bridgehead atoms. The highest BCUT2D eigenvalue weighted by Crippen LogP contribution is 2.39. The van der Waals surface area contributed by atoms with Crippen LogP contribution in [0.3, 0.4) is 0 Å². The Balaban J connectivity index is 1.51. The van der Waals surface area contributed by atoms with Crippen LogP contribution in [0.1, 0.15) is 47.8 Å². The van der Waals surface area contributed by atoms with Gasteiger partial charge in [0.25, 0.3) is 0 Å². The molecule has 2 N–H and O–H groups in total. The van der Waals surface area contributed by atoms with Crippen molar-refractivity contribution < 1.29 is 0 Å². The molecule has 1 aromatic carbocycles. The van der Waals surface area contributed by atoms with Gasteiger partial charge in [0.05, 0.1) is 6.54 Å². The highest BCUT2D eigenvalue weighted by atomic mass is 32.2. The third kappa shape index (κ3) is 2.60. The van der Waals surface area contributed by atoms with Crippen LogP contribution in [0.2, 0.25) is 0 Å². The summed E-state index contributed by atoms with van der Waals surface area (Å²) in [7, 11) is 0. The zero-order valence-corrected chi connectivity index (χ0v) is 12.9. The highest BCUT2D eigenvalue weighted by Gasteiger charge is 2.29. The van der Waals surface area contributed by atoms with Gasteiger partial charge >= 0.3 is 0 Å². The molecule has 0 amide bonds. The van der Waals surface area contributed by atoms with E-state index in [0.29, 0.717) is 12.6 Å². The standard InChI is InChI=1S/C16H20N4S/c17-9-15-18-19-16(20(15)14-6-7-14)21-10-11-4-5-12-2-1-3-13(12)8-11/h4-5,8,14H,1-3,6-7,9-10,17H2. The molecule has 1 heterocycles. The van der Waals surface area contributed by atoms with Crippen LogP contribution in [0.4, 0.5) is 0 Å². The molecule has 0 spiro atoms. The van der Waals surface area contributed by atoms with Crippen LogP contribution in [0.25, 0.3) is 0 Å². The van der Waals surface area contributed by atoms with Crippen molar-refractivity contribution in [3.8, 4) is 0 Å². The first kappa shape index (κ1) is 13.3. The topological polar surface area (TPSA) is 56.7 Å². The third-order valence-electron chi connectivity index (χ3n) is 4.36. The van der Waals surface area contributed by atoms with Gasteiger partial charge in [0.2, 0.25) is 0 Å². The maximum Gasteiger partial charge on any atom is 0.191 e. The molecule has 0 radical (unpaired) electrons. The van der Waals surface area contributed by atoms with Crippen LogP contribution in [-0.2, 0) is 25.1 Å². The fraction of sp³-hybridized carbons (Fsp3) is 0.500. The SMILES string of the molecule is NCc1nnc(SCc2ccc3c(c2)CCC3)n1C1CC1. The lowest BCUT2D eigenvalue weighted by atomic mass is 10.1. The lowest BCUT2D eigenvalue weighted by molar-refractivity contribution is 0.626. The van der Waals surface area contributed by atoms with E-state index in [9.17, 15) is 0 Å². The third-order valence-corrected chi connectivity index (χ3v) is 5.37. The molecule has 110 valence electrons. The molecular weight excluding hydrogens is 280 g/mol. The van der Waals surface area contributed by atoms with Gasteiger partial charge in [-0.2, -0.15) is 0 Å². The number of nitrogens with two attached hydrogens (primary N) is 1. The normalized spacial score (nSPS) is 17.2. The van der Waals surface area contributed by atoms with E-state index in [1.807, 2.05) is 0 Å². The number of hydrogen-bond donors (Lipinski definition) is 1. The molecular formula is C16H20N4S. The van der Waals surface area contributed by atoms with E-state index in [-0.39, 0.29) is 0 Å². The van der Waals surface area contributed by atoms with Crippen molar-refractivity contribution in [2.24, 2.45) is 5.73 Å². The van der Waals surface area contributed by atoms with Crippen LogP contribution in [0.5, 0.6) is 0 Å². The molecule has 2 aliphatic rings. The summed E-state index contributed by atoms with van der Waals surface area (Å²) in [5.74, 6) is 1.89. The minimum Gasteiger partial charge on any atom is -0.324 e. The molecule has 1 fully saturated rings. The van der Waals surface area contributed by atoms with Crippen molar-refractivity contribution >= 4 is 11.8 Å². The van der Waals surface area contributed by atoms with Crippen LogP contribution < -0.4 is 5.73 Å². The first-order valence-corrected chi connectivity index (χ1v) is 8.71. The number of fused-ring (bicyclic) bond motifs is 1. The zero-order chi connectivity index (χ0) is 14.2. The lowest BCUT2D eigenvalue weighted by Gasteiger charge is -2.08. The Labute approximate surface area is 129 Å². The summed E-state index contributed by atoms with van der Waals surface area (Å²) in [5.41, 5.74) is 10.2. The lowest BCUT2D eigenvalue weighted by Crippen LogP contribution is -2.08. The van der Waals surface area contributed by atoms with Crippen molar-refractivity contribution in [3.05, 3.63) is 40.7 Å². The van der Waals surface area contributed by atoms with E-state index in [2.05, 4.69) is 33.0 Å². The van der Waals surface area contributed by atoms with Gasteiger partial charge in [-0.25, -0.2) is 0 Å². The van der Waals surface area contributed by atoms with E-state index in [1.165, 1.54) is 43.2 Å². The summed E-state index contributed by atoms with van der Waals surface area (Å²) in [6.45, 7) is 0.475. The Morgan fingerprint density at radius 1 is 1.19 bits per heavy atom. The van der Waals surface area contributed by atoms with Crippen molar-refractivity contribution in [2.45, 2.75) is 55.6 Å². The molecule has 5 heteroatoms. The van der Waals surface area contributed by atoms with Crippen LogP contribution in [0, 0.1) is 0 Å². The van der Waals surface area contributed by atoms with Gasteiger partial charge in [-0.05, 0) is 48.8 Å². The first-order valence-electron chi connectivity index (χ1n) is 7.72. The van der Waals surface area contributed by atoms with Crippen LogP contribution in [-0.4, -0.2) is 14.8 Å². The van der Waals surface area contributed by atoms with Gasteiger partial charge in [-0.1, -0.05) is 30.0 Å². The molecule has 4 nitrogen and oxygen atoms in total. The molecule has 0 atom stereocenters. The zero-order valence-electron chi connectivity index (χ0n) is 12.1. The minimum atomic E-state index is 0.475. The van der Waals surface area contributed by atoms with E-state index in [0.717, 1.165) is 16.7 Å². The second-order valence-corrected chi connectivity index (χ2v) is 6.89.